The summed E-state index contributed by atoms with van der Waals surface area (Å²) >= 11 is 5.93. The largest absolute Gasteiger partial charge is 0.494 e. The number of ether oxygens (including phenoxy) is 1. The molecule has 0 fully saturated rings. The quantitative estimate of drug-likeness (QED) is 0.691. The van der Waals surface area contributed by atoms with E-state index in [1.165, 1.54) is 18.2 Å². The summed E-state index contributed by atoms with van der Waals surface area (Å²) in [5, 5.41) is 2.79. The predicted molar refractivity (Wildman–Crippen MR) is 99.8 cm³/mol. The summed E-state index contributed by atoms with van der Waals surface area (Å²) in [5.41, 5.74) is 6.30. The molecule has 0 aliphatic carbocycles. The molecular weight excluding hydrogens is 356 g/mol. The number of halogens is 1. The molecule has 0 aliphatic heterocycles. The Bertz CT molecular complexity index is 819. The normalized spacial score (nSPS) is 10.2. The molecule has 0 heterocycles. The molecule has 2 aromatic carbocycles. The molecule has 0 saturated heterocycles. The van der Waals surface area contributed by atoms with Crippen molar-refractivity contribution in [3.8, 4) is 5.75 Å². The second-order valence-electron chi connectivity index (χ2n) is 5.49. The summed E-state index contributed by atoms with van der Waals surface area (Å²) in [6.45, 7) is 2.43. The van der Waals surface area contributed by atoms with Crippen molar-refractivity contribution in [2.45, 2.75) is 19.8 Å². The van der Waals surface area contributed by atoms with Gasteiger partial charge in [0.1, 0.15) is 5.75 Å². The number of hydrogen-bond donors (Lipinski definition) is 2. The third kappa shape index (κ3) is 5.32. The molecule has 0 aromatic heterocycles. The number of benzene rings is 2. The van der Waals surface area contributed by atoms with Crippen LogP contribution in [-0.4, -0.2) is 24.2 Å². The highest BCUT2D eigenvalue weighted by Crippen LogP contribution is 2.21. The van der Waals surface area contributed by atoms with Crippen LogP contribution in [0.2, 0.25) is 5.02 Å². The molecule has 2 aromatic rings. The lowest BCUT2D eigenvalue weighted by atomic mass is 10.1. The van der Waals surface area contributed by atoms with Crippen molar-refractivity contribution < 1.29 is 19.1 Å². The maximum atomic E-state index is 12.2. The number of anilines is 1. The fourth-order valence-electron chi connectivity index (χ4n) is 2.29. The summed E-state index contributed by atoms with van der Waals surface area (Å²) in [6.07, 6.45) is 0.105. The number of rotatable bonds is 8. The monoisotopic (exact) mass is 374 g/mol. The van der Waals surface area contributed by atoms with Gasteiger partial charge in [-0.2, -0.15) is 0 Å². The third-order valence-corrected chi connectivity index (χ3v) is 3.90. The highest BCUT2D eigenvalue weighted by Gasteiger charge is 2.12. The van der Waals surface area contributed by atoms with Gasteiger partial charge in [-0.1, -0.05) is 11.6 Å². The third-order valence-electron chi connectivity index (χ3n) is 3.58. The minimum absolute atomic E-state index is 0.0290. The van der Waals surface area contributed by atoms with Gasteiger partial charge in [0.15, 0.2) is 5.78 Å². The van der Waals surface area contributed by atoms with Gasteiger partial charge < -0.3 is 15.8 Å². The Morgan fingerprint density at radius 1 is 1.08 bits per heavy atom. The minimum Gasteiger partial charge on any atom is -0.494 e. The Hall–Kier alpha value is -2.86. The molecule has 7 heteroatoms. The highest BCUT2D eigenvalue weighted by atomic mass is 35.5. The number of amides is 2. The maximum absolute atomic E-state index is 12.2. The summed E-state index contributed by atoms with van der Waals surface area (Å²) in [6, 6.07) is 11.2. The molecule has 0 saturated carbocycles. The van der Waals surface area contributed by atoms with Crippen molar-refractivity contribution in [2.75, 3.05) is 11.9 Å². The number of ketones is 1. The Labute approximate surface area is 156 Å². The van der Waals surface area contributed by atoms with Crippen molar-refractivity contribution in [2.24, 2.45) is 5.73 Å². The standard InChI is InChI=1S/C19H19ClN2O4/c1-2-26-14-6-3-12(4-7-14)17(23)9-10-18(24)22-13-5-8-15(19(21)25)16(20)11-13/h3-8,11H,2,9-10H2,1H3,(H2,21,25)(H,22,24). The predicted octanol–water partition coefficient (Wildman–Crippen LogP) is 3.44. The number of nitrogens with two attached hydrogens (primary N) is 1. The van der Waals surface area contributed by atoms with E-state index in [1.54, 1.807) is 24.3 Å². The van der Waals surface area contributed by atoms with E-state index < -0.39 is 5.91 Å². The average Bonchev–Trinajstić information content (AvgIpc) is 2.60. The van der Waals surface area contributed by atoms with Crippen LogP contribution in [0.15, 0.2) is 42.5 Å². The van der Waals surface area contributed by atoms with Crippen molar-refractivity contribution in [3.63, 3.8) is 0 Å². The highest BCUT2D eigenvalue weighted by molar-refractivity contribution is 6.34. The molecular formula is C19H19ClN2O4. The molecule has 0 aliphatic rings. The summed E-state index contributed by atoms with van der Waals surface area (Å²) in [4.78, 5) is 35.3. The van der Waals surface area contributed by atoms with Crippen LogP contribution < -0.4 is 15.8 Å². The number of nitrogens with one attached hydrogen (secondary N) is 1. The smallest absolute Gasteiger partial charge is 0.250 e. The zero-order valence-corrected chi connectivity index (χ0v) is 15.0. The summed E-state index contributed by atoms with van der Waals surface area (Å²) in [7, 11) is 0. The van der Waals surface area contributed by atoms with Gasteiger partial charge in [0.05, 0.1) is 17.2 Å². The summed E-state index contributed by atoms with van der Waals surface area (Å²) in [5.74, 6) is -0.413. The first-order valence-corrected chi connectivity index (χ1v) is 8.43. The molecule has 0 bridgehead atoms. The van der Waals surface area contributed by atoms with E-state index in [1.807, 2.05) is 6.92 Å². The Kier molecular flexibility index (Phi) is 6.74. The van der Waals surface area contributed by atoms with Gasteiger partial charge in [-0.05, 0) is 49.4 Å². The molecule has 3 N–H and O–H groups in total. The van der Waals surface area contributed by atoms with E-state index in [4.69, 9.17) is 22.1 Å². The second-order valence-corrected chi connectivity index (χ2v) is 5.89. The Morgan fingerprint density at radius 3 is 2.35 bits per heavy atom. The zero-order valence-electron chi connectivity index (χ0n) is 14.3. The number of carbonyl (C=O) groups is 3. The molecule has 0 radical (unpaired) electrons. The van der Waals surface area contributed by atoms with Crippen molar-refractivity contribution in [1.82, 2.24) is 0 Å². The average molecular weight is 375 g/mol. The molecule has 0 unspecified atom stereocenters. The van der Waals surface area contributed by atoms with Gasteiger partial charge in [-0.15, -0.1) is 0 Å². The van der Waals surface area contributed by atoms with Crippen molar-refractivity contribution in [1.29, 1.82) is 0 Å². The lowest BCUT2D eigenvalue weighted by Gasteiger charge is -2.07. The van der Waals surface area contributed by atoms with Crippen LogP contribution in [-0.2, 0) is 4.79 Å². The number of primary amides is 1. The number of carbonyl (C=O) groups excluding carboxylic acids is 3. The first-order chi connectivity index (χ1) is 12.4. The fourth-order valence-corrected chi connectivity index (χ4v) is 2.56. The van der Waals surface area contributed by atoms with Gasteiger partial charge in [0.2, 0.25) is 11.8 Å². The van der Waals surface area contributed by atoms with Crippen LogP contribution in [0.5, 0.6) is 5.75 Å². The van der Waals surface area contributed by atoms with Gasteiger partial charge in [-0.25, -0.2) is 0 Å². The first-order valence-electron chi connectivity index (χ1n) is 8.06. The van der Waals surface area contributed by atoms with Crippen LogP contribution in [0.1, 0.15) is 40.5 Å². The molecule has 6 nitrogen and oxygen atoms in total. The van der Waals surface area contributed by atoms with E-state index in [2.05, 4.69) is 5.32 Å². The molecule has 136 valence electrons. The topological polar surface area (TPSA) is 98.5 Å². The number of hydrogen-bond acceptors (Lipinski definition) is 4. The van der Waals surface area contributed by atoms with E-state index in [0.717, 1.165) is 0 Å². The molecule has 2 amide bonds. The lowest BCUT2D eigenvalue weighted by Crippen LogP contribution is -2.15. The van der Waals surface area contributed by atoms with E-state index in [-0.39, 0.29) is 35.1 Å². The minimum atomic E-state index is -0.645. The second kappa shape index (κ2) is 9.01. The lowest BCUT2D eigenvalue weighted by molar-refractivity contribution is -0.116. The SMILES string of the molecule is CCOc1ccc(C(=O)CCC(=O)Nc2ccc(C(N)=O)c(Cl)c2)cc1. The van der Waals surface area contributed by atoms with Crippen LogP contribution in [0.4, 0.5) is 5.69 Å². The van der Waals surface area contributed by atoms with Gasteiger partial charge in [-0.3, -0.25) is 14.4 Å². The van der Waals surface area contributed by atoms with Crippen molar-refractivity contribution in [3.05, 3.63) is 58.6 Å². The first kappa shape index (κ1) is 19.5. The molecule has 0 spiro atoms. The van der Waals surface area contributed by atoms with E-state index in [0.29, 0.717) is 23.6 Å². The van der Waals surface area contributed by atoms with Crippen LogP contribution in [0.25, 0.3) is 0 Å². The van der Waals surface area contributed by atoms with Crippen LogP contribution >= 0.6 is 11.6 Å². The zero-order chi connectivity index (χ0) is 19.1. The molecule has 0 atom stereocenters. The van der Waals surface area contributed by atoms with E-state index >= 15 is 0 Å². The van der Waals surface area contributed by atoms with Gasteiger partial charge >= 0.3 is 0 Å². The molecule has 2 rings (SSSR count). The van der Waals surface area contributed by atoms with Gasteiger partial charge in [0.25, 0.3) is 0 Å². The molecule has 26 heavy (non-hydrogen) atoms. The summed E-state index contributed by atoms with van der Waals surface area (Å²) < 4.78 is 5.32. The Balaban J connectivity index is 1.89. The fraction of sp³-hybridized carbons (Fsp3) is 0.211. The Morgan fingerprint density at radius 2 is 1.77 bits per heavy atom. The van der Waals surface area contributed by atoms with Gasteiger partial charge in [0, 0.05) is 24.1 Å². The van der Waals surface area contributed by atoms with Crippen LogP contribution in [0.3, 0.4) is 0 Å². The maximum Gasteiger partial charge on any atom is 0.250 e. The van der Waals surface area contributed by atoms with E-state index in [9.17, 15) is 14.4 Å². The van der Waals surface area contributed by atoms with Crippen molar-refractivity contribution >= 4 is 34.9 Å². The number of Topliss-reactive ketones (excluding diaryl/α,β-unsaturated/α-hetero) is 1. The van der Waals surface area contributed by atoms with Crippen LogP contribution in [0, 0.1) is 0 Å².